The Bertz CT molecular complexity index is 1370. The van der Waals surface area contributed by atoms with Gasteiger partial charge in [0, 0.05) is 25.6 Å². The van der Waals surface area contributed by atoms with Gasteiger partial charge in [-0.3, -0.25) is 25.8 Å². The van der Waals surface area contributed by atoms with Gasteiger partial charge in [0.25, 0.3) is 11.4 Å². The van der Waals surface area contributed by atoms with Crippen LogP contribution < -0.4 is 16.2 Å². The number of halogens is 2. The molecule has 3 aromatic rings. The van der Waals surface area contributed by atoms with E-state index < -0.39 is 22.1 Å². The van der Waals surface area contributed by atoms with Gasteiger partial charge in [-0.05, 0) is 36.4 Å². The van der Waals surface area contributed by atoms with Gasteiger partial charge in [0.15, 0.2) is 0 Å². The van der Waals surface area contributed by atoms with Crippen molar-refractivity contribution in [1.29, 1.82) is 0 Å². The minimum atomic E-state index is -1.92. The molecule has 3 heterocycles. The van der Waals surface area contributed by atoms with Crippen molar-refractivity contribution in [2.24, 2.45) is 10.2 Å². The van der Waals surface area contributed by atoms with Crippen LogP contribution in [0, 0.1) is 10.1 Å². The number of hydrogen-bond acceptors (Lipinski definition) is 8. The Morgan fingerprint density at radius 1 is 1.13 bits per heavy atom. The van der Waals surface area contributed by atoms with Gasteiger partial charge < -0.3 is 15.4 Å². The number of amides is 1. The number of nitro groups is 1. The first kappa shape index (κ1) is 19.5. The second kappa shape index (κ2) is 6.78. The fraction of sp³-hybridized carbons (Fsp3) is 0.0556. The Morgan fingerprint density at radius 2 is 1.87 bits per heavy atom. The molecule has 11 nitrogen and oxygen atoms in total. The number of H-pyrrole nitrogens is 1. The van der Waals surface area contributed by atoms with Crippen LogP contribution in [0.25, 0.3) is 10.9 Å². The number of hydrazine groups is 1. The number of rotatable bonds is 4. The monoisotopic (exact) mass is 547 g/mol. The second-order valence-corrected chi connectivity index (χ2v) is 8.63. The summed E-state index contributed by atoms with van der Waals surface area (Å²) in [6, 6.07) is 10.2. The van der Waals surface area contributed by atoms with Crippen molar-refractivity contribution in [3.8, 4) is 5.88 Å². The van der Waals surface area contributed by atoms with Crippen molar-refractivity contribution in [3.05, 3.63) is 72.5 Å². The lowest BCUT2D eigenvalue weighted by molar-refractivity contribution is -0.434. The molecule has 1 aromatic heterocycles. The highest BCUT2D eigenvalue weighted by atomic mass is 79.9. The largest absolute Gasteiger partial charge is 0.493 e. The van der Waals surface area contributed by atoms with Gasteiger partial charge in [-0.1, -0.05) is 31.9 Å². The molecule has 5 rings (SSSR count). The number of nitrogens with one attached hydrogen (secondary N) is 4. The molecular formula is C18H11Br2N7O4. The predicted octanol–water partition coefficient (Wildman–Crippen LogP) is 4.07. The third-order valence-corrected chi connectivity index (χ3v) is 6.03. The molecule has 2 aromatic carbocycles. The van der Waals surface area contributed by atoms with E-state index in [1.807, 2.05) is 0 Å². The highest BCUT2D eigenvalue weighted by Gasteiger charge is 2.61. The average Bonchev–Trinajstić information content (AvgIpc) is 3.33. The summed E-state index contributed by atoms with van der Waals surface area (Å²) >= 11 is 6.69. The maximum Gasteiger partial charge on any atom is 0.335 e. The Balaban J connectivity index is 1.57. The van der Waals surface area contributed by atoms with Gasteiger partial charge in [-0.15, -0.1) is 5.11 Å². The van der Waals surface area contributed by atoms with Gasteiger partial charge in [-0.2, -0.15) is 5.11 Å². The predicted molar refractivity (Wildman–Crippen MR) is 118 cm³/mol. The van der Waals surface area contributed by atoms with Crippen LogP contribution in [0.3, 0.4) is 0 Å². The van der Waals surface area contributed by atoms with E-state index in [0.29, 0.717) is 26.6 Å². The third kappa shape index (κ3) is 2.80. The number of nitrogens with zero attached hydrogens (tertiary/aromatic N) is 3. The van der Waals surface area contributed by atoms with Crippen molar-refractivity contribution >= 4 is 60.0 Å². The Kier molecular flexibility index (Phi) is 4.27. The number of benzene rings is 2. The van der Waals surface area contributed by atoms with E-state index in [-0.39, 0.29) is 17.4 Å². The highest BCUT2D eigenvalue weighted by molar-refractivity contribution is 9.10. The Hall–Kier alpha value is -3.45. The number of aromatic amines is 1. The third-order valence-electron chi connectivity index (χ3n) is 5.04. The number of aromatic nitrogens is 1. The quantitative estimate of drug-likeness (QED) is 0.244. The fourth-order valence-corrected chi connectivity index (χ4v) is 4.41. The summed E-state index contributed by atoms with van der Waals surface area (Å²) in [6.45, 7) is 0. The molecule has 0 fully saturated rings. The summed E-state index contributed by atoms with van der Waals surface area (Å²) in [5, 5.41) is 33.4. The lowest BCUT2D eigenvalue weighted by Gasteiger charge is -2.15. The molecule has 0 saturated heterocycles. The first-order valence-corrected chi connectivity index (χ1v) is 10.4. The van der Waals surface area contributed by atoms with Crippen molar-refractivity contribution in [2.45, 2.75) is 5.54 Å². The van der Waals surface area contributed by atoms with E-state index in [1.54, 1.807) is 36.4 Å². The SMILES string of the molecule is O=C1Nc2ccc(Br)cc2[C@]12N=NC(NNc1c(O)[nH]c3ccc(Br)cc13)=C2[N+](=O)[O-]. The Labute approximate surface area is 190 Å². The first-order valence-electron chi connectivity index (χ1n) is 8.77. The van der Waals surface area contributed by atoms with Gasteiger partial charge in [0.2, 0.25) is 11.7 Å². The molecule has 5 N–H and O–H groups in total. The highest BCUT2D eigenvalue weighted by Crippen LogP contribution is 2.49. The molecule has 0 radical (unpaired) electrons. The normalized spacial score (nSPS) is 19.2. The van der Waals surface area contributed by atoms with Crippen LogP contribution in [-0.2, 0) is 10.3 Å². The number of fused-ring (bicyclic) bond motifs is 3. The summed E-state index contributed by atoms with van der Waals surface area (Å²) in [4.78, 5) is 26.9. The van der Waals surface area contributed by atoms with E-state index in [1.165, 1.54) is 0 Å². The van der Waals surface area contributed by atoms with Gasteiger partial charge >= 0.3 is 5.70 Å². The van der Waals surface area contributed by atoms with Crippen LogP contribution in [0.15, 0.2) is 67.1 Å². The van der Waals surface area contributed by atoms with Crippen LogP contribution in [0.5, 0.6) is 5.88 Å². The van der Waals surface area contributed by atoms with E-state index in [9.17, 15) is 20.0 Å². The summed E-state index contributed by atoms with van der Waals surface area (Å²) in [6.07, 6.45) is 0. The lowest BCUT2D eigenvalue weighted by atomic mass is 9.89. The molecule has 1 atom stereocenters. The van der Waals surface area contributed by atoms with Crippen LogP contribution in [0.4, 0.5) is 11.4 Å². The molecule has 0 aliphatic carbocycles. The van der Waals surface area contributed by atoms with E-state index in [0.717, 1.165) is 4.47 Å². The lowest BCUT2D eigenvalue weighted by Crippen LogP contribution is -2.37. The molecule has 31 heavy (non-hydrogen) atoms. The molecule has 2 aliphatic heterocycles. The topological polar surface area (TPSA) is 157 Å². The molecule has 0 bridgehead atoms. The zero-order valence-corrected chi connectivity index (χ0v) is 18.4. The van der Waals surface area contributed by atoms with Crippen LogP contribution in [0.2, 0.25) is 0 Å². The second-order valence-electron chi connectivity index (χ2n) is 6.80. The van der Waals surface area contributed by atoms with Gasteiger partial charge in [0.05, 0.1) is 10.4 Å². The zero-order valence-electron chi connectivity index (χ0n) is 15.2. The summed E-state index contributed by atoms with van der Waals surface area (Å²) in [7, 11) is 0. The van der Waals surface area contributed by atoms with Crippen molar-refractivity contribution in [1.82, 2.24) is 10.4 Å². The molecular weight excluding hydrogens is 538 g/mol. The number of hydrogen-bond donors (Lipinski definition) is 5. The molecule has 2 aliphatic rings. The standard InChI is InChI=1S/C18H11Br2N7O4/c19-7-1-3-11-9(5-7)13(16(28)21-11)23-24-15-14(27(30)31)18(26-25-15)10-6-8(20)2-4-12(10)22-17(18)29/h1-6,21,23-24,28H,(H,22,29)/t18-/m1/s1. The van der Waals surface area contributed by atoms with Crippen molar-refractivity contribution < 1.29 is 14.8 Å². The van der Waals surface area contributed by atoms with Crippen molar-refractivity contribution in [3.63, 3.8) is 0 Å². The summed E-state index contributed by atoms with van der Waals surface area (Å²) < 4.78 is 1.41. The van der Waals surface area contributed by atoms with E-state index in [4.69, 9.17) is 0 Å². The average molecular weight is 549 g/mol. The first-order chi connectivity index (χ1) is 14.8. The van der Waals surface area contributed by atoms with Crippen LogP contribution in [-0.4, -0.2) is 20.9 Å². The molecule has 156 valence electrons. The van der Waals surface area contributed by atoms with Crippen LogP contribution in [0.1, 0.15) is 5.56 Å². The number of azo groups is 1. The number of carbonyl (C=O) groups is 1. The zero-order chi connectivity index (χ0) is 21.9. The van der Waals surface area contributed by atoms with E-state index in [2.05, 4.69) is 63.2 Å². The van der Waals surface area contributed by atoms with Crippen molar-refractivity contribution in [2.75, 3.05) is 10.7 Å². The van der Waals surface area contributed by atoms with E-state index >= 15 is 0 Å². The molecule has 13 heteroatoms. The maximum absolute atomic E-state index is 12.8. The fourth-order valence-electron chi connectivity index (χ4n) is 3.69. The molecule has 1 amide bonds. The maximum atomic E-state index is 12.8. The van der Waals surface area contributed by atoms with Crippen LogP contribution >= 0.6 is 31.9 Å². The smallest absolute Gasteiger partial charge is 0.335 e. The number of anilines is 2. The summed E-state index contributed by atoms with van der Waals surface area (Å²) in [5.41, 5.74) is 4.54. The number of carbonyl (C=O) groups excluding carboxylic acids is 1. The summed E-state index contributed by atoms with van der Waals surface area (Å²) in [5.74, 6) is -1.11. The Morgan fingerprint density at radius 3 is 2.65 bits per heavy atom. The molecule has 0 unspecified atom stereocenters. The minimum absolute atomic E-state index is 0.179. The van der Waals surface area contributed by atoms with Gasteiger partial charge in [-0.25, -0.2) is 0 Å². The molecule has 0 saturated carbocycles. The van der Waals surface area contributed by atoms with Gasteiger partial charge in [0.1, 0.15) is 5.69 Å². The molecule has 1 spiro atoms. The minimum Gasteiger partial charge on any atom is -0.493 e. The number of aromatic hydroxyl groups is 1.